The first-order chi connectivity index (χ1) is 9.33. The van der Waals surface area contributed by atoms with Crippen molar-refractivity contribution in [3.63, 3.8) is 0 Å². The van der Waals surface area contributed by atoms with Gasteiger partial charge in [0.1, 0.15) is 0 Å². The van der Waals surface area contributed by atoms with Crippen molar-refractivity contribution in [2.24, 2.45) is 0 Å². The molecule has 0 radical (unpaired) electrons. The Morgan fingerprint density at radius 1 is 1.32 bits per heavy atom. The number of benzene rings is 1. The van der Waals surface area contributed by atoms with E-state index in [1.54, 1.807) is 0 Å². The van der Waals surface area contributed by atoms with Gasteiger partial charge in [-0.2, -0.15) is 0 Å². The minimum atomic E-state index is 0.321. The van der Waals surface area contributed by atoms with E-state index < -0.39 is 0 Å². The second-order valence-electron chi connectivity index (χ2n) is 4.96. The summed E-state index contributed by atoms with van der Waals surface area (Å²) in [7, 11) is 0. The summed E-state index contributed by atoms with van der Waals surface area (Å²) in [4.78, 5) is 0. The average molecular weight is 264 g/mol. The van der Waals surface area contributed by atoms with Gasteiger partial charge >= 0.3 is 0 Å². The van der Waals surface area contributed by atoms with Crippen molar-refractivity contribution in [1.29, 1.82) is 0 Å². The van der Waals surface area contributed by atoms with Crippen LogP contribution in [-0.4, -0.2) is 39.1 Å². The molecule has 0 saturated carbocycles. The summed E-state index contributed by atoms with van der Waals surface area (Å²) in [5.74, 6) is 1.66. The molecule has 1 aromatic carbocycles. The Bertz CT molecular complexity index is 445. The van der Waals surface area contributed by atoms with Crippen LogP contribution in [0, 0.1) is 6.92 Å². The summed E-state index contributed by atoms with van der Waals surface area (Å²) < 4.78 is 16.2. The highest BCUT2D eigenvalue weighted by atomic mass is 16.7. The molecule has 3 rings (SSSR count). The van der Waals surface area contributed by atoms with E-state index in [0.29, 0.717) is 12.8 Å². The molecule has 2 aliphatic heterocycles. The van der Waals surface area contributed by atoms with Gasteiger partial charge in [0, 0.05) is 30.9 Å². The van der Waals surface area contributed by atoms with Gasteiger partial charge in [-0.05, 0) is 25.0 Å². The van der Waals surface area contributed by atoms with Crippen molar-refractivity contribution >= 4 is 5.69 Å². The summed E-state index contributed by atoms with van der Waals surface area (Å²) in [6, 6.07) is 4.49. The summed E-state index contributed by atoms with van der Waals surface area (Å²) in [6.07, 6.45) is 1.05. The molecule has 1 saturated heterocycles. The molecular weight excluding hydrogens is 244 g/mol. The van der Waals surface area contributed by atoms with Crippen LogP contribution >= 0.6 is 0 Å². The third-order valence-electron chi connectivity index (χ3n) is 3.53. The van der Waals surface area contributed by atoms with E-state index in [0.717, 1.165) is 49.9 Å². The van der Waals surface area contributed by atoms with E-state index in [1.165, 1.54) is 5.56 Å². The summed E-state index contributed by atoms with van der Waals surface area (Å²) in [6.45, 7) is 5.90. The second-order valence-corrected chi connectivity index (χ2v) is 4.96. The molecule has 2 N–H and O–H groups in total. The van der Waals surface area contributed by atoms with Crippen molar-refractivity contribution in [1.82, 2.24) is 5.32 Å². The second kappa shape index (κ2) is 5.67. The van der Waals surface area contributed by atoms with Crippen molar-refractivity contribution in [2.75, 3.05) is 38.4 Å². The number of nitrogens with one attached hydrogen (secondary N) is 2. The minimum Gasteiger partial charge on any atom is -0.454 e. The molecule has 1 unspecified atom stereocenters. The number of ether oxygens (including phenoxy) is 3. The molecule has 0 amide bonds. The molecule has 2 heterocycles. The van der Waals surface area contributed by atoms with Gasteiger partial charge in [0.2, 0.25) is 6.79 Å². The van der Waals surface area contributed by atoms with E-state index in [2.05, 4.69) is 17.6 Å². The van der Waals surface area contributed by atoms with Crippen LogP contribution in [0.1, 0.15) is 12.0 Å². The van der Waals surface area contributed by atoms with Gasteiger partial charge in [-0.1, -0.05) is 0 Å². The largest absolute Gasteiger partial charge is 0.454 e. The SMILES string of the molecule is Cc1cc2c(cc1NCCC1COCCN1)OCO2. The minimum absolute atomic E-state index is 0.321. The first kappa shape index (κ1) is 12.6. The Labute approximate surface area is 113 Å². The first-order valence-electron chi connectivity index (χ1n) is 6.78. The van der Waals surface area contributed by atoms with Gasteiger partial charge < -0.3 is 24.8 Å². The van der Waals surface area contributed by atoms with E-state index in [-0.39, 0.29) is 0 Å². The highest BCUT2D eigenvalue weighted by molar-refractivity contribution is 5.60. The number of hydrogen-bond donors (Lipinski definition) is 2. The van der Waals surface area contributed by atoms with Crippen LogP contribution in [0.4, 0.5) is 5.69 Å². The van der Waals surface area contributed by atoms with Crippen LogP contribution in [0.2, 0.25) is 0 Å². The Morgan fingerprint density at radius 3 is 2.95 bits per heavy atom. The van der Waals surface area contributed by atoms with Gasteiger partial charge in [-0.3, -0.25) is 0 Å². The number of anilines is 1. The van der Waals surface area contributed by atoms with Crippen molar-refractivity contribution < 1.29 is 14.2 Å². The molecule has 5 heteroatoms. The zero-order valence-electron chi connectivity index (χ0n) is 11.2. The maximum Gasteiger partial charge on any atom is 0.231 e. The first-order valence-corrected chi connectivity index (χ1v) is 6.78. The smallest absolute Gasteiger partial charge is 0.231 e. The zero-order chi connectivity index (χ0) is 13.1. The molecular formula is C14H20N2O3. The Balaban J connectivity index is 1.54. The standard InChI is InChI=1S/C14H20N2O3/c1-10-6-13-14(19-9-18-13)7-12(10)16-3-2-11-8-17-5-4-15-11/h6-7,11,15-16H,2-5,8-9H2,1H3. The highest BCUT2D eigenvalue weighted by Gasteiger charge is 2.16. The van der Waals surface area contributed by atoms with Gasteiger partial charge in [0.05, 0.1) is 13.2 Å². The normalized spacial score (nSPS) is 21.4. The van der Waals surface area contributed by atoms with Crippen LogP contribution in [0.25, 0.3) is 0 Å². The Kier molecular flexibility index (Phi) is 3.75. The van der Waals surface area contributed by atoms with Gasteiger partial charge in [0.25, 0.3) is 0 Å². The molecule has 0 bridgehead atoms. The van der Waals surface area contributed by atoms with Gasteiger partial charge in [0.15, 0.2) is 11.5 Å². The predicted molar refractivity (Wildman–Crippen MR) is 73.0 cm³/mol. The van der Waals surface area contributed by atoms with Crippen LogP contribution in [0.15, 0.2) is 12.1 Å². The topological polar surface area (TPSA) is 51.8 Å². The number of aryl methyl sites for hydroxylation is 1. The fourth-order valence-corrected chi connectivity index (χ4v) is 2.42. The van der Waals surface area contributed by atoms with Crippen molar-refractivity contribution in [2.45, 2.75) is 19.4 Å². The van der Waals surface area contributed by atoms with Crippen LogP contribution in [0.3, 0.4) is 0 Å². The van der Waals surface area contributed by atoms with Gasteiger partial charge in [-0.25, -0.2) is 0 Å². The molecule has 1 fully saturated rings. The molecule has 1 atom stereocenters. The third kappa shape index (κ3) is 2.93. The number of rotatable bonds is 4. The molecule has 1 aromatic rings. The summed E-state index contributed by atoms with van der Waals surface area (Å²) in [5, 5.41) is 6.91. The van der Waals surface area contributed by atoms with E-state index in [9.17, 15) is 0 Å². The monoisotopic (exact) mass is 264 g/mol. The fourth-order valence-electron chi connectivity index (χ4n) is 2.42. The number of morpholine rings is 1. The van der Waals surface area contributed by atoms with Gasteiger partial charge in [-0.15, -0.1) is 0 Å². The van der Waals surface area contributed by atoms with Crippen molar-refractivity contribution in [3.05, 3.63) is 17.7 Å². The summed E-state index contributed by atoms with van der Waals surface area (Å²) >= 11 is 0. The lowest BCUT2D eigenvalue weighted by molar-refractivity contribution is 0.0753. The number of fused-ring (bicyclic) bond motifs is 1. The van der Waals surface area contributed by atoms with Crippen LogP contribution in [-0.2, 0) is 4.74 Å². The Hall–Kier alpha value is -1.46. The van der Waals surface area contributed by atoms with Crippen LogP contribution < -0.4 is 20.1 Å². The van der Waals surface area contributed by atoms with E-state index in [4.69, 9.17) is 14.2 Å². The molecule has 5 nitrogen and oxygen atoms in total. The maximum absolute atomic E-state index is 5.44. The lowest BCUT2D eigenvalue weighted by Gasteiger charge is -2.24. The lowest BCUT2D eigenvalue weighted by Crippen LogP contribution is -2.42. The lowest BCUT2D eigenvalue weighted by atomic mass is 10.1. The quantitative estimate of drug-likeness (QED) is 0.863. The van der Waals surface area contributed by atoms with Crippen LogP contribution in [0.5, 0.6) is 11.5 Å². The molecule has 0 spiro atoms. The molecule has 2 aliphatic rings. The summed E-state index contributed by atoms with van der Waals surface area (Å²) in [5.41, 5.74) is 2.29. The molecule has 0 aromatic heterocycles. The number of hydrogen-bond acceptors (Lipinski definition) is 5. The van der Waals surface area contributed by atoms with E-state index in [1.807, 2.05) is 12.1 Å². The molecule has 104 valence electrons. The van der Waals surface area contributed by atoms with Crippen molar-refractivity contribution in [3.8, 4) is 11.5 Å². The maximum atomic E-state index is 5.44. The molecule has 0 aliphatic carbocycles. The fraction of sp³-hybridized carbons (Fsp3) is 0.571. The van der Waals surface area contributed by atoms with E-state index >= 15 is 0 Å². The average Bonchev–Trinajstić information content (AvgIpc) is 2.87. The predicted octanol–water partition coefficient (Wildman–Crippen LogP) is 1.51. The third-order valence-corrected chi connectivity index (χ3v) is 3.53. The Morgan fingerprint density at radius 2 is 2.16 bits per heavy atom. The zero-order valence-corrected chi connectivity index (χ0v) is 11.2. The molecule has 19 heavy (non-hydrogen) atoms. The highest BCUT2D eigenvalue weighted by Crippen LogP contribution is 2.36.